The lowest BCUT2D eigenvalue weighted by molar-refractivity contribution is 0.00782. The smallest absolute Gasteiger partial charge is 0.397 e. The van der Waals surface area contributed by atoms with Crippen LogP contribution in [0.2, 0.25) is 0 Å². The first-order valence-electron chi connectivity index (χ1n) is 12.1. The lowest BCUT2D eigenvalue weighted by Crippen LogP contribution is -2.35. The van der Waals surface area contributed by atoms with Gasteiger partial charge < -0.3 is 13.6 Å². The molecule has 0 saturated carbocycles. The zero-order valence-corrected chi connectivity index (χ0v) is 23.0. The Kier molecular flexibility index (Phi) is 8.33. The first kappa shape index (κ1) is 26.6. The molecule has 1 aliphatic heterocycles. The third-order valence-corrected chi connectivity index (χ3v) is 7.46. The minimum Gasteiger partial charge on any atom is -0.426 e. The van der Waals surface area contributed by atoms with E-state index in [1.807, 2.05) is 0 Å². The van der Waals surface area contributed by atoms with Gasteiger partial charge in [-0.25, -0.2) is 0 Å². The first-order valence-corrected chi connectivity index (χ1v) is 13.2. The molecular formula is C27H47O3P. The zero-order chi connectivity index (χ0) is 23.7. The van der Waals surface area contributed by atoms with Gasteiger partial charge >= 0.3 is 8.60 Å². The fourth-order valence-electron chi connectivity index (χ4n) is 4.30. The molecule has 0 bridgehead atoms. The van der Waals surface area contributed by atoms with Crippen molar-refractivity contribution in [2.24, 2.45) is 5.41 Å². The molecule has 1 fully saturated rings. The minimum atomic E-state index is -1.40. The van der Waals surface area contributed by atoms with Crippen LogP contribution in [0, 0.1) is 5.41 Å². The highest BCUT2D eigenvalue weighted by molar-refractivity contribution is 7.42. The van der Waals surface area contributed by atoms with Gasteiger partial charge in [0.25, 0.3) is 0 Å². The summed E-state index contributed by atoms with van der Waals surface area (Å²) >= 11 is 0. The monoisotopic (exact) mass is 450 g/mol. The van der Waals surface area contributed by atoms with Crippen LogP contribution in [0.4, 0.5) is 0 Å². The van der Waals surface area contributed by atoms with Crippen LogP contribution in [-0.2, 0) is 25.3 Å². The van der Waals surface area contributed by atoms with Crippen molar-refractivity contribution >= 4 is 8.60 Å². The number of unbranched alkanes of at least 4 members (excludes halogenated alkanes) is 1. The fourth-order valence-corrected chi connectivity index (χ4v) is 5.58. The topological polar surface area (TPSA) is 27.7 Å². The molecule has 2 rings (SSSR count). The van der Waals surface area contributed by atoms with Gasteiger partial charge in [0.1, 0.15) is 5.75 Å². The Bertz CT molecular complexity index is 727. The summed E-state index contributed by atoms with van der Waals surface area (Å²) in [6, 6.07) is 4.55. The molecule has 1 aromatic carbocycles. The van der Waals surface area contributed by atoms with E-state index >= 15 is 0 Å². The van der Waals surface area contributed by atoms with E-state index in [4.69, 9.17) is 13.6 Å². The third kappa shape index (κ3) is 6.46. The van der Waals surface area contributed by atoms with Gasteiger partial charge in [-0.2, -0.15) is 0 Å². The summed E-state index contributed by atoms with van der Waals surface area (Å²) in [6.07, 6.45) is 4.66. The van der Waals surface area contributed by atoms with Gasteiger partial charge in [0.15, 0.2) is 0 Å². The van der Waals surface area contributed by atoms with Crippen LogP contribution in [0.15, 0.2) is 12.1 Å². The Labute approximate surface area is 193 Å². The molecule has 0 spiro atoms. The van der Waals surface area contributed by atoms with Crippen molar-refractivity contribution in [3.63, 3.8) is 0 Å². The highest BCUT2D eigenvalue weighted by atomic mass is 31.2. The van der Waals surface area contributed by atoms with Crippen LogP contribution >= 0.6 is 8.60 Å². The molecule has 1 saturated heterocycles. The highest BCUT2D eigenvalue weighted by Gasteiger charge is 2.39. The average Bonchev–Trinajstić information content (AvgIpc) is 2.65. The maximum Gasteiger partial charge on any atom is 0.397 e. The van der Waals surface area contributed by atoms with E-state index in [9.17, 15) is 0 Å². The van der Waals surface area contributed by atoms with E-state index < -0.39 is 8.60 Å². The standard InChI is InChI=1S/C27H47O3P/c1-12-14-17-27(13-2)18-28-31(29-19-27)30-23-21(25(6,7)8)16-15-20(24(3,4)5)22(23)26(9,10)11/h15-16H,12-14,17-19H2,1-11H3. The van der Waals surface area contributed by atoms with Crippen LogP contribution in [0.5, 0.6) is 5.75 Å². The van der Waals surface area contributed by atoms with E-state index in [-0.39, 0.29) is 21.7 Å². The molecule has 4 heteroatoms. The molecule has 0 atom stereocenters. The van der Waals surface area contributed by atoms with Gasteiger partial charge in [0, 0.05) is 16.5 Å². The summed E-state index contributed by atoms with van der Waals surface area (Å²) in [5.41, 5.74) is 3.89. The molecule has 0 N–H and O–H groups in total. The van der Waals surface area contributed by atoms with Crippen molar-refractivity contribution in [2.45, 2.75) is 118 Å². The van der Waals surface area contributed by atoms with Crippen LogP contribution in [0.25, 0.3) is 0 Å². The number of benzene rings is 1. The fraction of sp³-hybridized carbons (Fsp3) is 0.778. The average molecular weight is 451 g/mol. The van der Waals surface area contributed by atoms with Crippen LogP contribution < -0.4 is 4.52 Å². The molecule has 0 aliphatic carbocycles. The number of rotatable bonds is 6. The predicted molar refractivity (Wildman–Crippen MR) is 134 cm³/mol. The molecule has 178 valence electrons. The molecule has 1 heterocycles. The minimum absolute atomic E-state index is 0.0240. The molecule has 31 heavy (non-hydrogen) atoms. The maximum absolute atomic E-state index is 6.67. The molecule has 0 aromatic heterocycles. The molecule has 0 unspecified atom stereocenters. The van der Waals surface area contributed by atoms with E-state index in [0.29, 0.717) is 0 Å². The maximum atomic E-state index is 6.67. The van der Waals surface area contributed by atoms with Crippen molar-refractivity contribution in [3.05, 3.63) is 28.8 Å². The second-order valence-electron chi connectivity index (χ2n) is 12.4. The summed E-state index contributed by atoms with van der Waals surface area (Å²) < 4.78 is 19.2. The van der Waals surface area contributed by atoms with Crippen molar-refractivity contribution in [1.82, 2.24) is 0 Å². The van der Waals surface area contributed by atoms with Crippen molar-refractivity contribution in [1.29, 1.82) is 0 Å². The second-order valence-corrected chi connectivity index (χ2v) is 13.6. The Morgan fingerprint density at radius 2 is 1.35 bits per heavy atom. The van der Waals surface area contributed by atoms with E-state index in [2.05, 4.69) is 88.3 Å². The van der Waals surface area contributed by atoms with E-state index in [1.54, 1.807) is 0 Å². The summed E-state index contributed by atoms with van der Waals surface area (Å²) in [4.78, 5) is 0. The Hall–Kier alpha value is -0.630. The van der Waals surface area contributed by atoms with Gasteiger partial charge in [0.05, 0.1) is 13.2 Å². The Morgan fingerprint density at radius 3 is 1.77 bits per heavy atom. The van der Waals surface area contributed by atoms with Gasteiger partial charge in [-0.3, -0.25) is 0 Å². The summed E-state index contributed by atoms with van der Waals surface area (Å²) in [7, 11) is -1.40. The summed E-state index contributed by atoms with van der Waals surface area (Å²) in [5.74, 6) is 0.969. The highest BCUT2D eigenvalue weighted by Crippen LogP contribution is 2.54. The Balaban J connectivity index is 2.45. The molecule has 1 aromatic rings. The third-order valence-electron chi connectivity index (χ3n) is 6.45. The van der Waals surface area contributed by atoms with Gasteiger partial charge in [-0.1, -0.05) is 101 Å². The normalized spacial score (nSPS) is 23.1. The second kappa shape index (κ2) is 9.70. The van der Waals surface area contributed by atoms with Crippen LogP contribution in [0.1, 0.15) is 119 Å². The molecule has 0 radical (unpaired) electrons. The van der Waals surface area contributed by atoms with Crippen molar-refractivity contribution in [2.75, 3.05) is 13.2 Å². The predicted octanol–water partition coefficient (Wildman–Crippen LogP) is 8.82. The van der Waals surface area contributed by atoms with Crippen molar-refractivity contribution < 1.29 is 13.6 Å². The molecule has 3 nitrogen and oxygen atoms in total. The van der Waals surface area contributed by atoms with Gasteiger partial charge in [0.2, 0.25) is 0 Å². The van der Waals surface area contributed by atoms with Gasteiger partial charge in [-0.15, -0.1) is 0 Å². The lowest BCUT2D eigenvalue weighted by atomic mass is 9.72. The molecule has 0 amide bonds. The molecular weight excluding hydrogens is 403 g/mol. The van der Waals surface area contributed by atoms with E-state index in [0.717, 1.165) is 31.8 Å². The van der Waals surface area contributed by atoms with E-state index in [1.165, 1.54) is 29.5 Å². The quantitative estimate of drug-likeness (QED) is 0.405. The zero-order valence-electron chi connectivity index (χ0n) is 22.1. The van der Waals surface area contributed by atoms with Gasteiger partial charge in [-0.05, 0) is 34.7 Å². The number of hydrogen-bond acceptors (Lipinski definition) is 3. The van der Waals surface area contributed by atoms with Crippen molar-refractivity contribution in [3.8, 4) is 5.75 Å². The molecule has 1 aliphatic rings. The Morgan fingerprint density at radius 1 is 0.839 bits per heavy atom. The SMILES string of the molecule is CCCCC1(CC)COP(Oc2c(C(C)(C)C)ccc(C(C)(C)C)c2C(C)(C)C)OC1. The van der Waals surface area contributed by atoms with Crippen LogP contribution in [0.3, 0.4) is 0 Å². The van der Waals surface area contributed by atoms with Crippen LogP contribution in [-0.4, -0.2) is 13.2 Å². The summed E-state index contributed by atoms with van der Waals surface area (Å²) in [6.45, 7) is 26.4. The lowest BCUT2D eigenvalue weighted by Gasteiger charge is -2.40. The largest absolute Gasteiger partial charge is 0.426 e. The summed E-state index contributed by atoms with van der Waals surface area (Å²) in [5, 5.41) is 0. The number of hydrogen-bond donors (Lipinski definition) is 0. The first-order chi connectivity index (χ1) is 14.1.